The van der Waals surface area contributed by atoms with Gasteiger partial charge in [-0.15, -0.1) is 0 Å². The van der Waals surface area contributed by atoms with Crippen molar-refractivity contribution in [2.45, 2.75) is 51.3 Å². The summed E-state index contributed by atoms with van der Waals surface area (Å²) in [6.07, 6.45) is 4.77. The first-order valence-corrected chi connectivity index (χ1v) is 7.18. The molecule has 3 nitrogen and oxygen atoms in total. The van der Waals surface area contributed by atoms with Crippen molar-refractivity contribution < 1.29 is 13.5 Å². The van der Waals surface area contributed by atoms with Crippen LogP contribution in [0.5, 0.6) is 5.75 Å². The molecule has 1 fully saturated rings. The molecule has 1 aromatic carbocycles. The lowest BCUT2D eigenvalue weighted by molar-refractivity contribution is -0.0498. The lowest BCUT2D eigenvalue weighted by Crippen LogP contribution is -2.37. The van der Waals surface area contributed by atoms with E-state index in [1.807, 2.05) is 6.07 Å². The minimum absolute atomic E-state index is 0.188. The number of piperidine rings is 1. The first-order valence-electron chi connectivity index (χ1n) is 7.18. The van der Waals surface area contributed by atoms with Gasteiger partial charge < -0.3 is 15.4 Å². The molecule has 2 unspecified atom stereocenters. The average molecular weight is 284 g/mol. The Bertz CT molecular complexity index is 409. The Hall–Kier alpha value is -1.36. The smallest absolute Gasteiger partial charge is 0.387 e. The standard InChI is InChI=1S/C15H22F2N2O/c1-11(9-12-5-2-3-8-18-12)19-13-6-4-7-14(10-13)20-15(16)17/h4,6-7,10-12,15,18-19H,2-3,5,8-9H2,1H3. The molecular weight excluding hydrogens is 262 g/mol. The predicted molar refractivity (Wildman–Crippen MR) is 76.4 cm³/mol. The maximum Gasteiger partial charge on any atom is 0.387 e. The number of anilines is 1. The van der Waals surface area contributed by atoms with Gasteiger partial charge in [0.2, 0.25) is 0 Å². The lowest BCUT2D eigenvalue weighted by atomic mass is 9.98. The van der Waals surface area contributed by atoms with E-state index in [1.54, 1.807) is 12.1 Å². The Labute approximate surface area is 118 Å². The number of hydrogen-bond acceptors (Lipinski definition) is 3. The minimum atomic E-state index is -2.78. The molecule has 0 spiro atoms. The summed E-state index contributed by atoms with van der Waals surface area (Å²) in [4.78, 5) is 0. The largest absolute Gasteiger partial charge is 0.435 e. The number of hydrogen-bond donors (Lipinski definition) is 2. The van der Waals surface area contributed by atoms with Gasteiger partial charge in [0.05, 0.1) is 0 Å². The summed E-state index contributed by atoms with van der Waals surface area (Å²) in [6.45, 7) is 0.417. The van der Waals surface area contributed by atoms with Gasteiger partial charge in [-0.25, -0.2) is 0 Å². The molecule has 1 aliphatic rings. The van der Waals surface area contributed by atoms with Crippen molar-refractivity contribution in [2.75, 3.05) is 11.9 Å². The Balaban J connectivity index is 1.85. The van der Waals surface area contributed by atoms with Crippen LogP contribution in [0.4, 0.5) is 14.5 Å². The van der Waals surface area contributed by atoms with Crippen molar-refractivity contribution in [1.82, 2.24) is 5.32 Å². The van der Waals surface area contributed by atoms with Crippen LogP contribution in [-0.4, -0.2) is 25.2 Å². The molecule has 112 valence electrons. The Morgan fingerprint density at radius 1 is 1.40 bits per heavy atom. The van der Waals surface area contributed by atoms with Crippen LogP contribution >= 0.6 is 0 Å². The number of nitrogens with one attached hydrogen (secondary N) is 2. The summed E-state index contributed by atoms with van der Waals surface area (Å²) >= 11 is 0. The van der Waals surface area contributed by atoms with Gasteiger partial charge >= 0.3 is 6.61 Å². The number of benzene rings is 1. The summed E-state index contributed by atoms with van der Waals surface area (Å²) in [7, 11) is 0. The number of halogens is 2. The van der Waals surface area contributed by atoms with Crippen LogP contribution in [0.3, 0.4) is 0 Å². The van der Waals surface area contributed by atoms with Gasteiger partial charge in [0, 0.05) is 23.8 Å². The quantitative estimate of drug-likeness (QED) is 0.837. The Morgan fingerprint density at radius 2 is 2.25 bits per heavy atom. The third kappa shape index (κ3) is 4.96. The molecule has 5 heteroatoms. The fraction of sp³-hybridized carbons (Fsp3) is 0.600. The van der Waals surface area contributed by atoms with Gasteiger partial charge in [0.25, 0.3) is 0 Å². The van der Waals surface area contributed by atoms with Crippen molar-refractivity contribution >= 4 is 5.69 Å². The van der Waals surface area contributed by atoms with E-state index < -0.39 is 6.61 Å². The molecule has 0 aromatic heterocycles. The molecule has 2 rings (SSSR count). The molecule has 1 saturated heterocycles. The minimum Gasteiger partial charge on any atom is -0.435 e. The number of alkyl halides is 2. The molecule has 0 aliphatic carbocycles. The molecular formula is C15H22F2N2O. The predicted octanol–water partition coefficient (Wildman–Crippen LogP) is 3.62. The SMILES string of the molecule is CC(CC1CCCCN1)Nc1cccc(OC(F)F)c1. The summed E-state index contributed by atoms with van der Waals surface area (Å²) in [5, 5.41) is 6.85. The average Bonchev–Trinajstić information content (AvgIpc) is 2.39. The normalized spacial score (nSPS) is 20.7. The summed E-state index contributed by atoms with van der Waals surface area (Å²) < 4.78 is 28.7. The van der Waals surface area contributed by atoms with Crippen molar-refractivity contribution in [3.8, 4) is 5.75 Å². The van der Waals surface area contributed by atoms with E-state index in [4.69, 9.17) is 0 Å². The second kappa shape index (κ2) is 7.43. The van der Waals surface area contributed by atoms with Crippen LogP contribution in [0.15, 0.2) is 24.3 Å². The van der Waals surface area contributed by atoms with E-state index in [0.29, 0.717) is 6.04 Å². The van der Waals surface area contributed by atoms with E-state index in [2.05, 4.69) is 22.3 Å². The van der Waals surface area contributed by atoms with Crippen LogP contribution in [0.25, 0.3) is 0 Å². The third-order valence-corrected chi connectivity index (χ3v) is 3.52. The van der Waals surface area contributed by atoms with Crippen LogP contribution in [0.2, 0.25) is 0 Å². The summed E-state index contributed by atoms with van der Waals surface area (Å²) in [5.41, 5.74) is 0.812. The molecule has 0 saturated carbocycles. The highest BCUT2D eigenvalue weighted by molar-refractivity contribution is 5.48. The van der Waals surface area contributed by atoms with E-state index in [-0.39, 0.29) is 11.8 Å². The zero-order chi connectivity index (χ0) is 14.4. The number of ether oxygens (including phenoxy) is 1. The first-order chi connectivity index (χ1) is 9.63. The van der Waals surface area contributed by atoms with Gasteiger partial charge in [-0.1, -0.05) is 12.5 Å². The zero-order valence-corrected chi connectivity index (χ0v) is 11.7. The summed E-state index contributed by atoms with van der Waals surface area (Å²) in [5.74, 6) is 0.188. The molecule has 0 amide bonds. The highest BCUT2D eigenvalue weighted by Crippen LogP contribution is 2.21. The molecule has 1 aliphatic heterocycles. The van der Waals surface area contributed by atoms with Crippen LogP contribution in [0.1, 0.15) is 32.6 Å². The van der Waals surface area contributed by atoms with E-state index in [9.17, 15) is 8.78 Å². The second-order valence-electron chi connectivity index (χ2n) is 5.33. The molecule has 1 heterocycles. The third-order valence-electron chi connectivity index (χ3n) is 3.52. The van der Waals surface area contributed by atoms with Crippen molar-refractivity contribution in [3.05, 3.63) is 24.3 Å². The highest BCUT2D eigenvalue weighted by Gasteiger charge is 2.15. The van der Waals surface area contributed by atoms with Gasteiger partial charge in [-0.05, 0) is 44.9 Å². The highest BCUT2D eigenvalue weighted by atomic mass is 19.3. The van der Waals surface area contributed by atoms with E-state index in [1.165, 1.54) is 25.3 Å². The van der Waals surface area contributed by atoms with Crippen LogP contribution in [-0.2, 0) is 0 Å². The van der Waals surface area contributed by atoms with Gasteiger partial charge in [-0.3, -0.25) is 0 Å². The maximum atomic E-state index is 12.2. The maximum absolute atomic E-state index is 12.2. The van der Waals surface area contributed by atoms with Crippen molar-refractivity contribution in [3.63, 3.8) is 0 Å². The fourth-order valence-corrected chi connectivity index (χ4v) is 2.66. The molecule has 2 atom stereocenters. The monoisotopic (exact) mass is 284 g/mol. The molecule has 20 heavy (non-hydrogen) atoms. The van der Waals surface area contributed by atoms with E-state index in [0.717, 1.165) is 18.7 Å². The van der Waals surface area contributed by atoms with E-state index >= 15 is 0 Å². The number of rotatable bonds is 6. The molecule has 0 radical (unpaired) electrons. The van der Waals surface area contributed by atoms with Crippen molar-refractivity contribution in [2.24, 2.45) is 0 Å². The molecule has 0 bridgehead atoms. The van der Waals surface area contributed by atoms with Gasteiger partial charge in [0.1, 0.15) is 5.75 Å². The molecule has 1 aromatic rings. The van der Waals surface area contributed by atoms with Crippen molar-refractivity contribution in [1.29, 1.82) is 0 Å². The van der Waals surface area contributed by atoms with Crippen LogP contribution < -0.4 is 15.4 Å². The van der Waals surface area contributed by atoms with Gasteiger partial charge in [-0.2, -0.15) is 8.78 Å². The fourth-order valence-electron chi connectivity index (χ4n) is 2.66. The van der Waals surface area contributed by atoms with Gasteiger partial charge in [0.15, 0.2) is 0 Å². The summed E-state index contributed by atoms with van der Waals surface area (Å²) in [6, 6.07) is 7.55. The van der Waals surface area contributed by atoms with Crippen LogP contribution in [0, 0.1) is 0 Å². The first kappa shape index (κ1) is 15.0. The second-order valence-corrected chi connectivity index (χ2v) is 5.33. The zero-order valence-electron chi connectivity index (χ0n) is 11.7. The Kier molecular flexibility index (Phi) is 5.59. The lowest BCUT2D eigenvalue weighted by Gasteiger charge is -2.27. The topological polar surface area (TPSA) is 33.3 Å². The Morgan fingerprint density at radius 3 is 2.95 bits per heavy atom. The molecule has 2 N–H and O–H groups in total.